The van der Waals surface area contributed by atoms with Gasteiger partial charge in [-0.15, -0.1) is 0 Å². The van der Waals surface area contributed by atoms with E-state index in [1.807, 2.05) is 0 Å². The summed E-state index contributed by atoms with van der Waals surface area (Å²) >= 11 is 0. The number of hydrogen-bond donors (Lipinski definition) is 0. The maximum Gasteiger partial charge on any atom is 0.148 e. The summed E-state index contributed by atoms with van der Waals surface area (Å²) in [7, 11) is 0. The molecular formula is C13H22O. The van der Waals surface area contributed by atoms with Gasteiger partial charge in [-0.3, -0.25) is 4.79 Å². The highest BCUT2D eigenvalue weighted by molar-refractivity contribution is 5.93. The fourth-order valence-corrected chi connectivity index (χ4v) is 2.24. The Morgan fingerprint density at radius 1 is 1.29 bits per heavy atom. The smallest absolute Gasteiger partial charge is 0.148 e. The average Bonchev–Trinajstić information content (AvgIpc) is 2.32. The molecule has 0 radical (unpaired) electrons. The van der Waals surface area contributed by atoms with Crippen LogP contribution in [0.4, 0.5) is 0 Å². The molecule has 0 aromatic carbocycles. The van der Waals surface area contributed by atoms with Crippen molar-refractivity contribution >= 4 is 5.78 Å². The van der Waals surface area contributed by atoms with Crippen molar-refractivity contribution in [2.24, 2.45) is 10.8 Å². The molecule has 80 valence electrons. The summed E-state index contributed by atoms with van der Waals surface area (Å²) in [6.45, 7) is 8.37. The van der Waals surface area contributed by atoms with Crippen molar-refractivity contribution < 1.29 is 4.79 Å². The molecule has 0 aromatic rings. The molecule has 0 aromatic heterocycles. The Balaban J connectivity index is 2.73. The van der Waals surface area contributed by atoms with E-state index in [9.17, 15) is 4.79 Å². The highest BCUT2D eigenvalue weighted by Gasteiger charge is 2.46. The maximum atomic E-state index is 12.1. The molecule has 1 atom stereocenters. The third kappa shape index (κ3) is 2.08. The summed E-state index contributed by atoms with van der Waals surface area (Å²) in [6.07, 6.45) is 8.58. The van der Waals surface area contributed by atoms with Gasteiger partial charge in [-0.25, -0.2) is 0 Å². The number of allylic oxidation sites excluding steroid dienone is 2. The topological polar surface area (TPSA) is 17.1 Å². The lowest BCUT2D eigenvalue weighted by Gasteiger charge is -2.21. The summed E-state index contributed by atoms with van der Waals surface area (Å²) in [5.41, 5.74) is -0.288. The second kappa shape index (κ2) is 3.88. The van der Waals surface area contributed by atoms with Crippen molar-refractivity contribution in [3.05, 3.63) is 12.2 Å². The molecule has 0 aliphatic heterocycles. The van der Waals surface area contributed by atoms with Crippen LogP contribution in [-0.2, 0) is 4.79 Å². The molecule has 1 fully saturated rings. The summed E-state index contributed by atoms with van der Waals surface area (Å²) in [6, 6.07) is 0. The van der Waals surface area contributed by atoms with Crippen LogP contribution in [0.15, 0.2) is 12.2 Å². The maximum absolute atomic E-state index is 12.1. The molecule has 0 N–H and O–H groups in total. The number of Topliss-reactive ketones (excluding diaryl/α,β-unsaturated/α-hetero) is 1. The minimum atomic E-state index is -0.182. The lowest BCUT2D eigenvalue weighted by atomic mass is 9.81. The van der Waals surface area contributed by atoms with E-state index in [4.69, 9.17) is 0 Å². The Labute approximate surface area is 87.6 Å². The van der Waals surface area contributed by atoms with Gasteiger partial charge in [0.15, 0.2) is 0 Å². The minimum absolute atomic E-state index is 0.106. The van der Waals surface area contributed by atoms with Crippen LogP contribution in [0.2, 0.25) is 0 Å². The molecule has 1 rings (SSSR count). The molecule has 1 heteroatoms. The molecule has 0 amide bonds. The Morgan fingerprint density at radius 3 is 2.36 bits per heavy atom. The number of unbranched alkanes of at least 4 members (excludes halogenated alkanes) is 1. The molecule has 1 aliphatic carbocycles. The van der Waals surface area contributed by atoms with Crippen molar-refractivity contribution in [1.29, 1.82) is 0 Å². The first-order valence-corrected chi connectivity index (χ1v) is 5.65. The molecule has 1 aliphatic rings. The van der Waals surface area contributed by atoms with E-state index in [0.717, 1.165) is 25.7 Å². The molecule has 1 saturated carbocycles. The van der Waals surface area contributed by atoms with Crippen LogP contribution in [0, 0.1) is 10.8 Å². The second-order valence-corrected chi connectivity index (χ2v) is 5.32. The standard InChI is InChI=1S/C13H22O/c1-5-6-7-8-13(4)10-9-12(2,3)11(13)14/h7-8H,5-6,9-10H2,1-4H3/b8-7+. The second-order valence-electron chi connectivity index (χ2n) is 5.32. The summed E-state index contributed by atoms with van der Waals surface area (Å²) in [4.78, 5) is 12.1. The fraction of sp³-hybridized carbons (Fsp3) is 0.769. The van der Waals surface area contributed by atoms with Gasteiger partial charge < -0.3 is 0 Å². The van der Waals surface area contributed by atoms with Crippen LogP contribution < -0.4 is 0 Å². The van der Waals surface area contributed by atoms with Crippen LogP contribution in [0.1, 0.15) is 53.4 Å². The number of ketones is 1. The van der Waals surface area contributed by atoms with E-state index in [0.29, 0.717) is 5.78 Å². The van der Waals surface area contributed by atoms with Crippen LogP contribution in [0.25, 0.3) is 0 Å². The van der Waals surface area contributed by atoms with Gasteiger partial charge in [0.2, 0.25) is 0 Å². The molecule has 0 spiro atoms. The Kier molecular flexibility index (Phi) is 3.18. The van der Waals surface area contributed by atoms with Gasteiger partial charge in [0, 0.05) is 10.8 Å². The minimum Gasteiger partial charge on any atom is -0.298 e. The summed E-state index contributed by atoms with van der Waals surface area (Å²) in [5.74, 6) is 0.414. The summed E-state index contributed by atoms with van der Waals surface area (Å²) in [5, 5.41) is 0. The highest BCUT2D eigenvalue weighted by atomic mass is 16.1. The van der Waals surface area contributed by atoms with E-state index in [1.54, 1.807) is 0 Å². The molecule has 0 bridgehead atoms. The molecule has 14 heavy (non-hydrogen) atoms. The molecule has 0 heterocycles. The molecule has 0 saturated heterocycles. The zero-order valence-electron chi connectivity index (χ0n) is 9.89. The lowest BCUT2D eigenvalue weighted by Crippen LogP contribution is -2.28. The first-order valence-electron chi connectivity index (χ1n) is 5.65. The SMILES string of the molecule is CCC/C=C/C1(C)CCC(C)(C)C1=O. The van der Waals surface area contributed by atoms with Gasteiger partial charge in [-0.1, -0.05) is 39.3 Å². The van der Waals surface area contributed by atoms with E-state index >= 15 is 0 Å². The Bertz CT molecular complexity index is 250. The Hall–Kier alpha value is -0.590. The van der Waals surface area contributed by atoms with Crippen LogP contribution in [0.3, 0.4) is 0 Å². The predicted octanol–water partition coefficient (Wildman–Crippen LogP) is 3.74. The number of hydrogen-bond acceptors (Lipinski definition) is 1. The van der Waals surface area contributed by atoms with Gasteiger partial charge in [0.25, 0.3) is 0 Å². The fourth-order valence-electron chi connectivity index (χ4n) is 2.24. The van der Waals surface area contributed by atoms with Crippen molar-refractivity contribution in [3.63, 3.8) is 0 Å². The van der Waals surface area contributed by atoms with E-state index in [-0.39, 0.29) is 10.8 Å². The van der Waals surface area contributed by atoms with Crippen LogP contribution in [-0.4, -0.2) is 5.78 Å². The largest absolute Gasteiger partial charge is 0.298 e. The van der Waals surface area contributed by atoms with Crippen LogP contribution in [0.5, 0.6) is 0 Å². The van der Waals surface area contributed by atoms with Gasteiger partial charge in [-0.05, 0) is 26.2 Å². The quantitative estimate of drug-likeness (QED) is 0.625. The lowest BCUT2D eigenvalue weighted by molar-refractivity contribution is -0.129. The normalized spacial score (nSPS) is 31.6. The number of carbonyl (C=O) groups excluding carboxylic acids is 1. The Morgan fingerprint density at radius 2 is 1.93 bits per heavy atom. The van der Waals surface area contributed by atoms with Crippen LogP contribution >= 0.6 is 0 Å². The van der Waals surface area contributed by atoms with Gasteiger partial charge >= 0.3 is 0 Å². The van der Waals surface area contributed by atoms with E-state index in [1.165, 1.54) is 0 Å². The van der Waals surface area contributed by atoms with Crippen molar-refractivity contribution in [1.82, 2.24) is 0 Å². The van der Waals surface area contributed by atoms with Crippen molar-refractivity contribution in [2.45, 2.75) is 53.4 Å². The summed E-state index contributed by atoms with van der Waals surface area (Å²) < 4.78 is 0. The monoisotopic (exact) mass is 194 g/mol. The zero-order valence-corrected chi connectivity index (χ0v) is 9.89. The molecule has 1 unspecified atom stereocenters. The van der Waals surface area contributed by atoms with Gasteiger partial charge in [-0.2, -0.15) is 0 Å². The van der Waals surface area contributed by atoms with Gasteiger partial charge in [0.05, 0.1) is 0 Å². The number of rotatable bonds is 3. The first kappa shape index (κ1) is 11.5. The molecular weight excluding hydrogens is 172 g/mol. The third-order valence-electron chi connectivity index (χ3n) is 3.34. The third-order valence-corrected chi connectivity index (χ3v) is 3.34. The molecule has 1 nitrogen and oxygen atoms in total. The van der Waals surface area contributed by atoms with Crippen molar-refractivity contribution in [3.8, 4) is 0 Å². The first-order chi connectivity index (χ1) is 6.42. The average molecular weight is 194 g/mol. The van der Waals surface area contributed by atoms with Gasteiger partial charge in [0.1, 0.15) is 5.78 Å². The van der Waals surface area contributed by atoms with E-state index < -0.39 is 0 Å². The van der Waals surface area contributed by atoms with Crippen molar-refractivity contribution in [2.75, 3.05) is 0 Å². The predicted molar refractivity (Wildman–Crippen MR) is 60.2 cm³/mol. The number of carbonyl (C=O) groups is 1. The zero-order chi connectivity index (χ0) is 10.8. The highest BCUT2D eigenvalue weighted by Crippen LogP contribution is 2.46. The van der Waals surface area contributed by atoms with E-state index in [2.05, 4.69) is 39.8 Å².